The van der Waals surface area contributed by atoms with Gasteiger partial charge in [0.25, 0.3) is 5.91 Å². The van der Waals surface area contributed by atoms with Gasteiger partial charge < -0.3 is 9.73 Å². The van der Waals surface area contributed by atoms with E-state index in [1.54, 1.807) is 27.7 Å². The molecular formula is C16H18ClN5O2. The summed E-state index contributed by atoms with van der Waals surface area (Å²) < 4.78 is 9.08. The SMILES string of the molecule is Cc1nn(Cc2ccc(C(=O)NCc3ccnn3C)o2)c(C)c1Cl. The van der Waals surface area contributed by atoms with Crippen molar-refractivity contribution in [2.45, 2.75) is 26.9 Å². The molecule has 0 spiro atoms. The number of aryl methyl sites for hydroxylation is 2. The number of aromatic nitrogens is 4. The molecule has 0 aliphatic carbocycles. The Kier molecular flexibility index (Phi) is 4.44. The number of carbonyl (C=O) groups excluding carboxylic acids is 1. The standard InChI is InChI=1S/C16H18ClN5O2/c1-10-15(17)11(2)22(20-10)9-13-4-5-14(24-13)16(23)18-8-12-6-7-19-21(12)3/h4-7H,8-9H2,1-3H3,(H,18,23). The van der Waals surface area contributed by atoms with Crippen LogP contribution in [0, 0.1) is 13.8 Å². The first-order valence-electron chi connectivity index (χ1n) is 7.49. The Hall–Kier alpha value is -2.54. The van der Waals surface area contributed by atoms with Crippen molar-refractivity contribution >= 4 is 17.5 Å². The van der Waals surface area contributed by atoms with Gasteiger partial charge in [0, 0.05) is 13.2 Å². The minimum absolute atomic E-state index is 0.264. The molecule has 0 bridgehead atoms. The van der Waals surface area contributed by atoms with E-state index in [2.05, 4.69) is 15.5 Å². The Balaban J connectivity index is 1.65. The number of hydrogen-bond donors (Lipinski definition) is 1. The van der Waals surface area contributed by atoms with Crippen molar-refractivity contribution in [2.75, 3.05) is 0 Å². The molecule has 3 rings (SSSR count). The van der Waals surface area contributed by atoms with Crippen molar-refractivity contribution in [2.24, 2.45) is 7.05 Å². The average Bonchev–Trinajstić information content (AvgIpc) is 3.24. The van der Waals surface area contributed by atoms with Gasteiger partial charge in [-0.1, -0.05) is 11.6 Å². The van der Waals surface area contributed by atoms with E-state index in [1.807, 2.05) is 27.0 Å². The highest BCUT2D eigenvalue weighted by Gasteiger charge is 2.14. The quantitative estimate of drug-likeness (QED) is 0.769. The molecule has 0 unspecified atom stereocenters. The fourth-order valence-corrected chi connectivity index (χ4v) is 2.53. The zero-order chi connectivity index (χ0) is 17.3. The summed E-state index contributed by atoms with van der Waals surface area (Å²) in [6.07, 6.45) is 1.69. The molecular weight excluding hydrogens is 330 g/mol. The largest absolute Gasteiger partial charge is 0.454 e. The second kappa shape index (κ2) is 6.52. The molecule has 8 heteroatoms. The van der Waals surface area contributed by atoms with E-state index in [0.717, 1.165) is 17.1 Å². The van der Waals surface area contributed by atoms with Crippen molar-refractivity contribution in [1.82, 2.24) is 24.9 Å². The lowest BCUT2D eigenvalue weighted by Crippen LogP contribution is -2.23. The molecule has 1 N–H and O–H groups in total. The maximum absolute atomic E-state index is 12.2. The summed E-state index contributed by atoms with van der Waals surface area (Å²) in [7, 11) is 1.83. The predicted molar refractivity (Wildman–Crippen MR) is 88.9 cm³/mol. The summed E-state index contributed by atoms with van der Waals surface area (Å²) in [5, 5.41) is 11.9. The molecule has 7 nitrogen and oxygen atoms in total. The summed E-state index contributed by atoms with van der Waals surface area (Å²) in [6.45, 7) is 4.56. The summed E-state index contributed by atoms with van der Waals surface area (Å²) >= 11 is 6.14. The molecule has 1 amide bonds. The number of carbonyl (C=O) groups is 1. The third kappa shape index (κ3) is 3.21. The smallest absolute Gasteiger partial charge is 0.287 e. The Bertz CT molecular complexity index is 877. The lowest BCUT2D eigenvalue weighted by atomic mass is 10.3. The highest BCUT2D eigenvalue weighted by Crippen LogP contribution is 2.20. The van der Waals surface area contributed by atoms with Crippen molar-refractivity contribution in [1.29, 1.82) is 0 Å². The molecule has 3 aromatic rings. The maximum atomic E-state index is 12.2. The Morgan fingerprint density at radius 2 is 2.12 bits per heavy atom. The monoisotopic (exact) mass is 347 g/mol. The Labute approximate surface area is 144 Å². The van der Waals surface area contributed by atoms with E-state index < -0.39 is 0 Å². The molecule has 126 valence electrons. The van der Waals surface area contributed by atoms with Crippen molar-refractivity contribution in [3.05, 3.63) is 58.0 Å². The maximum Gasteiger partial charge on any atom is 0.287 e. The Morgan fingerprint density at radius 1 is 1.33 bits per heavy atom. The van der Waals surface area contributed by atoms with Crippen LogP contribution in [0.5, 0.6) is 0 Å². The van der Waals surface area contributed by atoms with E-state index in [-0.39, 0.29) is 11.7 Å². The lowest BCUT2D eigenvalue weighted by Gasteiger charge is -2.04. The van der Waals surface area contributed by atoms with E-state index in [4.69, 9.17) is 16.0 Å². The predicted octanol–water partition coefficient (Wildman–Crippen LogP) is 2.46. The summed E-state index contributed by atoms with van der Waals surface area (Å²) in [5.41, 5.74) is 2.55. The van der Waals surface area contributed by atoms with Crippen LogP contribution >= 0.6 is 11.6 Å². The van der Waals surface area contributed by atoms with Gasteiger partial charge in [0.2, 0.25) is 0 Å². The van der Waals surface area contributed by atoms with Crippen molar-refractivity contribution in [3.63, 3.8) is 0 Å². The van der Waals surface area contributed by atoms with E-state index >= 15 is 0 Å². The number of rotatable bonds is 5. The zero-order valence-corrected chi connectivity index (χ0v) is 14.5. The van der Waals surface area contributed by atoms with Crippen LogP contribution in [0.15, 0.2) is 28.8 Å². The average molecular weight is 348 g/mol. The van der Waals surface area contributed by atoms with Crippen LogP contribution in [-0.2, 0) is 20.1 Å². The van der Waals surface area contributed by atoms with Crippen LogP contribution in [0.4, 0.5) is 0 Å². The number of nitrogens with zero attached hydrogens (tertiary/aromatic N) is 4. The highest BCUT2D eigenvalue weighted by molar-refractivity contribution is 6.31. The van der Waals surface area contributed by atoms with Crippen LogP contribution in [0.3, 0.4) is 0 Å². The van der Waals surface area contributed by atoms with Crippen LogP contribution in [0.1, 0.15) is 33.4 Å². The molecule has 0 saturated carbocycles. The summed E-state index contributed by atoms with van der Waals surface area (Å²) in [5.74, 6) is 0.636. The first-order chi connectivity index (χ1) is 11.5. The number of hydrogen-bond acceptors (Lipinski definition) is 4. The summed E-state index contributed by atoms with van der Waals surface area (Å²) in [4.78, 5) is 12.2. The molecule has 0 radical (unpaired) electrons. The van der Waals surface area contributed by atoms with Gasteiger partial charge >= 0.3 is 0 Å². The van der Waals surface area contributed by atoms with Crippen LogP contribution in [0.2, 0.25) is 5.02 Å². The zero-order valence-electron chi connectivity index (χ0n) is 13.7. The minimum atomic E-state index is -0.270. The lowest BCUT2D eigenvalue weighted by molar-refractivity contribution is 0.0920. The van der Waals surface area contributed by atoms with Gasteiger partial charge in [0.05, 0.1) is 35.2 Å². The van der Waals surface area contributed by atoms with Gasteiger partial charge in [-0.25, -0.2) is 0 Å². The normalized spacial score (nSPS) is 11.0. The third-order valence-electron chi connectivity index (χ3n) is 3.84. The van der Waals surface area contributed by atoms with E-state index in [9.17, 15) is 4.79 Å². The molecule has 0 aromatic carbocycles. The molecule has 0 aliphatic rings. The fourth-order valence-electron chi connectivity index (χ4n) is 2.39. The van der Waals surface area contributed by atoms with Crippen molar-refractivity contribution < 1.29 is 9.21 Å². The number of amides is 1. The summed E-state index contributed by atoms with van der Waals surface area (Å²) in [6, 6.07) is 5.27. The number of nitrogens with one attached hydrogen (secondary N) is 1. The molecule has 3 heterocycles. The topological polar surface area (TPSA) is 77.9 Å². The molecule has 0 fully saturated rings. The second-order valence-electron chi connectivity index (χ2n) is 5.54. The van der Waals surface area contributed by atoms with Gasteiger partial charge in [-0.2, -0.15) is 10.2 Å². The van der Waals surface area contributed by atoms with E-state index in [1.165, 1.54) is 0 Å². The number of halogens is 1. The first kappa shape index (κ1) is 16.3. The highest BCUT2D eigenvalue weighted by atomic mass is 35.5. The first-order valence-corrected chi connectivity index (χ1v) is 7.87. The van der Waals surface area contributed by atoms with E-state index in [0.29, 0.717) is 23.9 Å². The Morgan fingerprint density at radius 3 is 2.75 bits per heavy atom. The van der Waals surface area contributed by atoms with Gasteiger partial charge in [-0.15, -0.1) is 0 Å². The van der Waals surface area contributed by atoms with Crippen molar-refractivity contribution in [3.8, 4) is 0 Å². The fraction of sp³-hybridized carbons (Fsp3) is 0.312. The van der Waals surface area contributed by atoms with Crippen LogP contribution in [0.25, 0.3) is 0 Å². The van der Waals surface area contributed by atoms with Gasteiger partial charge in [0.1, 0.15) is 5.76 Å². The minimum Gasteiger partial charge on any atom is -0.454 e. The number of furan rings is 1. The van der Waals surface area contributed by atoms with Gasteiger partial charge in [-0.05, 0) is 32.0 Å². The van der Waals surface area contributed by atoms with Crippen LogP contribution < -0.4 is 5.32 Å². The second-order valence-corrected chi connectivity index (χ2v) is 5.92. The molecule has 0 saturated heterocycles. The van der Waals surface area contributed by atoms with Crippen LogP contribution in [-0.4, -0.2) is 25.5 Å². The molecule has 0 aliphatic heterocycles. The molecule has 24 heavy (non-hydrogen) atoms. The molecule has 3 aromatic heterocycles. The molecule has 0 atom stereocenters. The third-order valence-corrected chi connectivity index (χ3v) is 4.38. The van der Waals surface area contributed by atoms with Gasteiger partial charge in [0.15, 0.2) is 5.76 Å². The van der Waals surface area contributed by atoms with Gasteiger partial charge in [-0.3, -0.25) is 14.2 Å².